The van der Waals surface area contributed by atoms with Gasteiger partial charge >= 0.3 is 0 Å². The van der Waals surface area contributed by atoms with Crippen molar-refractivity contribution >= 4 is 18.3 Å². The Bertz CT molecular complexity index is 418. The fourth-order valence-corrected chi connectivity index (χ4v) is 2.11. The van der Waals surface area contributed by atoms with Crippen molar-refractivity contribution < 1.29 is 9.53 Å². The van der Waals surface area contributed by atoms with E-state index in [4.69, 9.17) is 4.74 Å². The molecule has 1 aromatic carbocycles. The van der Waals surface area contributed by atoms with Crippen molar-refractivity contribution in [3.8, 4) is 5.75 Å². The molecule has 0 bridgehead atoms. The second-order valence-electron chi connectivity index (χ2n) is 4.95. The van der Waals surface area contributed by atoms with E-state index < -0.39 is 0 Å². The second kappa shape index (κ2) is 8.12. The van der Waals surface area contributed by atoms with Gasteiger partial charge in [0.15, 0.2) is 0 Å². The van der Waals surface area contributed by atoms with Crippen LogP contribution in [0.15, 0.2) is 24.3 Å². The molecule has 4 nitrogen and oxygen atoms in total. The van der Waals surface area contributed by atoms with Gasteiger partial charge < -0.3 is 15.0 Å². The number of nitrogens with zero attached hydrogens (tertiary/aromatic N) is 1. The van der Waals surface area contributed by atoms with Crippen LogP contribution in [0.5, 0.6) is 5.75 Å². The molecule has 1 saturated carbocycles. The number of carbonyl (C=O) groups excluding carboxylic acids is 1. The van der Waals surface area contributed by atoms with Gasteiger partial charge in [0.05, 0.1) is 7.11 Å². The molecule has 1 N–H and O–H groups in total. The number of ether oxygens (including phenoxy) is 1. The van der Waals surface area contributed by atoms with Gasteiger partial charge in [-0.2, -0.15) is 0 Å². The monoisotopic (exact) mass is 298 g/mol. The average molecular weight is 299 g/mol. The molecule has 0 aromatic heterocycles. The Morgan fingerprint density at radius 2 is 2.00 bits per heavy atom. The van der Waals surface area contributed by atoms with Crippen LogP contribution in [0.4, 0.5) is 0 Å². The zero-order valence-electron chi connectivity index (χ0n) is 12.1. The van der Waals surface area contributed by atoms with Crippen LogP contribution in [0, 0.1) is 0 Å². The largest absolute Gasteiger partial charge is 0.497 e. The van der Waals surface area contributed by atoms with Gasteiger partial charge in [-0.1, -0.05) is 12.1 Å². The summed E-state index contributed by atoms with van der Waals surface area (Å²) in [6, 6.07) is 8.39. The van der Waals surface area contributed by atoms with Crippen molar-refractivity contribution in [3.63, 3.8) is 0 Å². The fraction of sp³-hybridized carbons (Fsp3) is 0.533. The van der Waals surface area contributed by atoms with Gasteiger partial charge in [0.25, 0.3) is 0 Å². The van der Waals surface area contributed by atoms with E-state index in [1.807, 2.05) is 36.2 Å². The number of carbonyl (C=O) groups is 1. The lowest BCUT2D eigenvalue weighted by atomic mass is 10.2. The molecule has 20 heavy (non-hydrogen) atoms. The van der Waals surface area contributed by atoms with E-state index in [-0.39, 0.29) is 18.3 Å². The molecule has 0 aliphatic heterocycles. The van der Waals surface area contributed by atoms with E-state index in [0.717, 1.165) is 30.7 Å². The van der Waals surface area contributed by atoms with Crippen LogP contribution in [-0.2, 0) is 11.3 Å². The molecule has 1 amide bonds. The number of rotatable bonds is 7. The minimum absolute atomic E-state index is 0. The first-order valence-electron chi connectivity index (χ1n) is 6.81. The summed E-state index contributed by atoms with van der Waals surface area (Å²) in [5.74, 6) is 1.09. The zero-order chi connectivity index (χ0) is 13.7. The number of hydrogen-bond acceptors (Lipinski definition) is 3. The van der Waals surface area contributed by atoms with E-state index in [1.165, 1.54) is 0 Å². The molecule has 0 heterocycles. The Morgan fingerprint density at radius 1 is 1.35 bits per heavy atom. The molecule has 1 aliphatic carbocycles. The summed E-state index contributed by atoms with van der Waals surface area (Å²) >= 11 is 0. The van der Waals surface area contributed by atoms with E-state index in [1.54, 1.807) is 7.11 Å². The van der Waals surface area contributed by atoms with Crippen LogP contribution < -0.4 is 10.1 Å². The van der Waals surface area contributed by atoms with Crippen LogP contribution >= 0.6 is 12.4 Å². The lowest BCUT2D eigenvalue weighted by molar-refractivity contribution is -0.132. The predicted octanol–water partition coefficient (Wildman–Crippen LogP) is 2.22. The summed E-state index contributed by atoms with van der Waals surface area (Å²) in [6.07, 6.45) is 2.85. The molecular weight excluding hydrogens is 276 g/mol. The highest BCUT2D eigenvalue weighted by atomic mass is 35.5. The standard InChI is InChI=1S/C15H22N2O2.ClH/c1-16-10-9-15(18)17(13-5-6-13)11-12-3-7-14(19-2)8-4-12;/h3-4,7-8,13,16H,5-6,9-11H2,1-2H3;1H. The first-order valence-corrected chi connectivity index (χ1v) is 6.81. The van der Waals surface area contributed by atoms with E-state index in [2.05, 4.69) is 5.32 Å². The van der Waals surface area contributed by atoms with Crippen molar-refractivity contribution in [2.24, 2.45) is 0 Å². The summed E-state index contributed by atoms with van der Waals surface area (Å²) in [6.45, 7) is 1.45. The average Bonchev–Trinajstić information content (AvgIpc) is 3.27. The smallest absolute Gasteiger partial charge is 0.224 e. The number of hydrogen-bond donors (Lipinski definition) is 1. The SMILES string of the molecule is CNCCC(=O)N(Cc1ccc(OC)cc1)C1CC1.Cl. The molecule has 2 rings (SSSR count). The maximum atomic E-state index is 12.2. The Hall–Kier alpha value is -1.26. The third-order valence-electron chi connectivity index (χ3n) is 3.41. The number of methoxy groups -OCH3 is 1. The van der Waals surface area contributed by atoms with Gasteiger partial charge in [-0.3, -0.25) is 4.79 Å². The third kappa shape index (κ3) is 4.69. The number of nitrogens with one attached hydrogen (secondary N) is 1. The van der Waals surface area contributed by atoms with Crippen molar-refractivity contribution in [1.82, 2.24) is 10.2 Å². The van der Waals surface area contributed by atoms with Crippen LogP contribution in [0.1, 0.15) is 24.8 Å². The predicted molar refractivity (Wildman–Crippen MR) is 82.4 cm³/mol. The van der Waals surface area contributed by atoms with Crippen molar-refractivity contribution in [2.45, 2.75) is 31.8 Å². The van der Waals surface area contributed by atoms with E-state index in [0.29, 0.717) is 19.0 Å². The molecule has 1 fully saturated rings. The number of amides is 1. The lowest BCUT2D eigenvalue weighted by Crippen LogP contribution is -2.34. The van der Waals surface area contributed by atoms with E-state index >= 15 is 0 Å². The molecule has 112 valence electrons. The van der Waals surface area contributed by atoms with Crippen LogP contribution in [0.2, 0.25) is 0 Å². The molecule has 0 unspecified atom stereocenters. The molecule has 5 heteroatoms. The lowest BCUT2D eigenvalue weighted by Gasteiger charge is -2.22. The fourth-order valence-electron chi connectivity index (χ4n) is 2.11. The highest BCUT2D eigenvalue weighted by Crippen LogP contribution is 2.29. The van der Waals surface area contributed by atoms with Gasteiger partial charge in [0.1, 0.15) is 5.75 Å². The quantitative estimate of drug-likeness (QED) is 0.839. The molecule has 0 saturated heterocycles. The molecule has 0 spiro atoms. The van der Waals surface area contributed by atoms with Crippen LogP contribution in [0.3, 0.4) is 0 Å². The van der Waals surface area contributed by atoms with Crippen molar-refractivity contribution in [1.29, 1.82) is 0 Å². The number of halogens is 1. The van der Waals surface area contributed by atoms with Crippen LogP contribution in [0.25, 0.3) is 0 Å². The molecule has 0 radical (unpaired) electrons. The van der Waals surface area contributed by atoms with Gasteiger partial charge in [0, 0.05) is 25.6 Å². The van der Waals surface area contributed by atoms with E-state index in [9.17, 15) is 4.79 Å². The Morgan fingerprint density at radius 3 is 2.50 bits per heavy atom. The normalized spacial score (nSPS) is 13.5. The molecular formula is C15H23ClN2O2. The van der Waals surface area contributed by atoms with Gasteiger partial charge in [-0.25, -0.2) is 0 Å². The zero-order valence-corrected chi connectivity index (χ0v) is 12.9. The first-order chi connectivity index (χ1) is 9.24. The third-order valence-corrected chi connectivity index (χ3v) is 3.41. The van der Waals surface area contributed by atoms with Gasteiger partial charge in [-0.15, -0.1) is 12.4 Å². The highest BCUT2D eigenvalue weighted by Gasteiger charge is 2.31. The van der Waals surface area contributed by atoms with Crippen LogP contribution in [-0.4, -0.2) is 37.6 Å². The summed E-state index contributed by atoms with van der Waals surface area (Å²) < 4.78 is 5.15. The van der Waals surface area contributed by atoms with Crippen molar-refractivity contribution in [2.75, 3.05) is 20.7 Å². The van der Waals surface area contributed by atoms with Gasteiger partial charge in [-0.05, 0) is 37.6 Å². The Labute approximate surface area is 126 Å². The second-order valence-corrected chi connectivity index (χ2v) is 4.95. The maximum absolute atomic E-state index is 12.2. The number of benzene rings is 1. The summed E-state index contributed by atoms with van der Waals surface area (Å²) in [4.78, 5) is 14.2. The first kappa shape index (κ1) is 16.8. The Balaban J connectivity index is 0.00000200. The summed E-state index contributed by atoms with van der Waals surface area (Å²) in [5.41, 5.74) is 1.16. The minimum atomic E-state index is 0. The Kier molecular flexibility index (Phi) is 6.82. The molecule has 0 atom stereocenters. The molecule has 1 aromatic rings. The topological polar surface area (TPSA) is 41.6 Å². The summed E-state index contributed by atoms with van der Waals surface area (Å²) in [5, 5.41) is 3.03. The summed E-state index contributed by atoms with van der Waals surface area (Å²) in [7, 11) is 3.53. The minimum Gasteiger partial charge on any atom is -0.497 e. The molecule has 1 aliphatic rings. The maximum Gasteiger partial charge on any atom is 0.224 e. The van der Waals surface area contributed by atoms with Crippen molar-refractivity contribution in [3.05, 3.63) is 29.8 Å². The van der Waals surface area contributed by atoms with Gasteiger partial charge in [0.2, 0.25) is 5.91 Å². The highest BCUT2D eigenvalue weighted by molar-refractivity contribution is 5.85.